The quantitative estimate of drug-likeness (QED) is 0.715. The van der Waals surface area contributed by atoms with Gasteiger partial charge in [0.25, 0.3) is 0 Å². The highest BCUT2D eigenvalue weighted by Gasteiger charge is 2.02. The number of fused-ring (bicyclic) bond motifs is 1. The molecule has 0 unspecified atom stereocenters. The summed E-state index contributed by atoms with van der Waals surface area (Å²) in [7, 11) is 0. The maximum Gasteiger partial charge on any atom is 0.166 e. The smallest absolute Gasteiger partial charge is 0.166 e. The summed E-state index contributed by atoms with van der Waals surface area (Å²) in [6, 6.07) is 16.8. The minimum absolute atomic E-state index is 0. The predicted octanol–water partition coefficient (Wildman–Crippen LogP) is 4.59. The highest BCUT2D eigenvalue weighted by atomic mass is 35.5. The lowest BCUT2D eigenvalue weighted by Gasteiger charge is -1.99. The summed E-state index contributed by atoms with van der Waals surface area (Å²) in [5, 5.41) is 0.983. The van der Waals surface area contributed by atoms with Crippen molar-refractivity contribution in [3.05, 3.63) is 59.7 Å². The zero-order valence-electron chi connectivity index (χ0n) is 10.6. The van der Waals surface area contributed by atoms with Gasteiger partial charge < -0.3 is 4.98 Å². The molecule has 0 amide bonds. The zero-order chi connectivity index (χ0) is 12.4. The van der Waals surface area contributed by atoms with Crippen molar-refractivity contribution in [3.63, 3.8) is 0 Å². The van der Waals surface area contributed by atoms with Crippen LogP contribution >= 0.6 is 24.2 Å². The Bertz CT molecular complexity index is 628. The minimum atomic E-state index is 0. The van der Waals surface area contributed by atoms with Crippen molar-refractivity contribution in [2.45, 2.75) is 17.8 Å². The number of imidazole rings is 1. The fourth-order valence-electron chi connectivity index (χ4n) is 1.83. The Labute approximate surface area is 123 Å². The lowest BCUT2D eigenvalue weighted by atomic mass is 10.2. The maximum atomic E-state index is 4.55. The molecule has 0 aliphatic heterocycles. The van der Waals surface area contributed by atoms with Gasteiger partial charge in [-0.05, 0) is 24.6 Å². The van der Waals surface area contributed by atoms with E-state index in [1.54, 1.807) is 11.8 Å². The number of aryl methyl sites for hydroxylation is 1. The van der Waals surface area contributed by atoms with Gasteiger partial charge in [0, 0.05) is 5.75 Å². The number of para-hydroxylation sites is 2. The third kappa shape index (κ3) is 3.31. The molecule has 2 aromatic carbocycles. The van der Waals surface area contributed by atoms with Gasteiger partial charge in [-0.25, -0.2) is 4.98 Å². The summed E-state index contributed by atoms with van der Waals surface area (Å²) in [5.41, 5.74) is 4.76. The molecule has 3 aromatic rings. The number of H-pyrrole nitrogens is 1. The van der Waals surface area contributed by atoms with Crippen molar-refractivity contribution in [1.82, 2.24) is 9.97 Å². The Kier molecular flexibility index (Phi) is 4.51. The van der Waals surface area contributed by atoms with Crippen LogP contribution in [0.5, 0.6) is 0 Å². The van der Waals surface area contributed by atoms with Crippen LogP contribution in [-0.2, 0) is 5.75 Å². The second-order valence-electron chi connectivity index (χ2n) is 4.33. The summed E-state index contributed by atoms with van der Waals surface area (Å²) in [4.78, 5) is 7.88. The molecule has 4 heteroatoms. The summed E-state index contributed by atoms with van der Waals surface area (Å²) in [5.74, 6) is 0.945. The van der Waals surface area contributed by atoms with Gasteiger partial charge in [0.15, 0.2) is 5.16 Å². The number of aromatic nitrogens is 2. The van der Waals surface area contributed by atoms with E-state index < -0.39 is 0 Å². The van der Waals surface area contributed by atoms with Gasteiger partial charge >= 0.3 is 0 Å². The van der Waals surface area contributed by atoms with Crippen LogP contribution in [0.1, 0.15) is 11.1 Å². The van der Waals surface area contributed by atoms with Crippen molar-refractivity contribution < 1.29 is 0 Å². The van der Waals surface area contributed by atoms with Gasteiger partial charge in [0.05, 0.1) is 11.0 Å². The van der Waals surface area contributed by atoms with Crippen LogP contribution in [0.2, 0.25) is 0 Å². The first kappa shape index (κ1) is 14.0. The van der Waals surface area contributed by atoms with E-state index in [1.165, 1.54) is 11.1 Å². The van der Waals surface area contributed by atoms with Gasteiger partial charge in [-0.1, -0.05) is 53.7 Å². The molecule has 98 valence electrons. The lowest BCUT2D eigenvalue weighted by Crippen LogP contribution is -1.82. The number of aromatic amines is 1. The number of hydrogen-bond acceptors (Lipinski definition) is 2. The molecule has 0 radical (unpaired) electrons. The van der Waals surface area contributed by atoms with E-state index >= 15 is 0 Å². The fourth-order valence-corrected chi connectivity index (χ4v) is 2.67. The Hall–Kier alpha value is -1.45. The van der Waals surface area contributed by atoms with Gasteiger partial charge in [0.1, 0.15) is 0 Å². The molecule has 1 heterocycles. The average molecular weight is 291 g/mol. The Balaban J connectivity index is 0.00000133. The molecule has 0 fully saturated rings. The van der Waals surface area contributed by atoms with Crippen LogP contribution < -0.4 is 0 Å². The van der Waals surface area contributed by atoms with Crippen molar-refractivity contribution >= 4 is 35.2 Å². The molecule has 0 bridgehead atoms. The summed E-state index contributed by atoms with van der Waals surface area (Å²) < 4.78 is 0. The van der Waals surface area contributed by atoms with E-state index in [1.807, 2.05) is 18.2 Å². The molecule has 0 aliphatic carbocycles. The Morgan fingerprint density at radius 2 is 1.79 bits per heavy atom. The first-order chi connectivity index (χ1) is 8.81. The largest absolute Gasteiger partial charge is 0.333 e. The Morgan fingerprint density at radius 3 is 2.53 bits per heavy atom. The zero-order valence-corrected chi connectivity index (χ0v) is 12.2. The average Bonchev–Trinajstić information content (AvgIpc) is 2.81. The third-order valence-corrected chi connectivity index (χ3v) is 3.81. The molecule has 3 rings (SSSR count). The SMILES string of the molecule is Cc1ccc(CSc2nc3ccccc3[nH]2)cc1.Cl. The summed E-state index contributed by atoms with van der Waals surface area (Å²) in [6.45, 7) is 2.11. The number of rotatable bonds is 3. The van der Waals surface area contributed by atoms with Crippen molar-refractivity contribution in [3.8, 4) is 0 Å². The molecule has 1 N–H and O–H groups in total. The van der Waals surface area contributed by atoms with E-state index in [-0.39, 0.29) is 12.4 Å². The second kappa shape index (κ2) is 6.13. The van der Waals surface area contributed by atoms with Crippen molar-refractivity contribution in [2.75, 3.05) is 0 Å². The van der Waals surface area contributed by atoms with E-state index in [4.69, 9.17) is 0 Å². The van der Waals surface area contributed by atoms with Crippen LogP contribution in [0.3, 0.4) is 0 Å². The van der Waals surface area contributed by atoms with Gasteiger partial charge in [-0.3, -0.25) is 0 Å². The predicted molar refractivity (Wildman–Crippen MR) is 84.1 cm³/mol. The first-order valence-corrected chi connectivity index (χ1v) is 6.93. The molecule has 19 heavy (non-hydrogen) atoms. The van der Waals surface area contributed by atoms with Crippen LogP contribution in [0.15, 0.2) is 53.7 Å². The normalized spacial score (nSPS) is 10.4. The summed E-state index contributed by atoms with van der Waals surface area (Å²) in [6.07, 6.45) is 0. The lowest BCUT2D eigenvalue weighted by molar-refractivity contribution is 1.08. The number of benzene rings is 2. The summed E-state index contributed by atoms with van der Waals surface area (Å²) >= 11 is 1.74. The second-order valence-corrected chi connectivity index (χ2v) is 5.30. The molecule has 1 aromatic heterocycles. The third-order valence-electron chi connectivity index (χ3n) is 2.86. The van der Waals surface area contributed by atoms with Crippen LogP contribution in [-0.4, -0.2) is 9.97 Å². The Morgan fingerprint density at radius 1 is 1.05 bits per heavy atom. The van der Waals surface area contributed by atoms with Gasteiger partial charge in [0.2, 0.25) is 0 Å². The minimum Gasteiger partial charge on any atom is -0.333 e. The maximum absolute atomic E-state index is 4.55. The first-order valence-electron chi connectivity index (χ1n) is 5.94. The number of thioether (sulfide) groups is 1. The van der Waals surface area contributed by atoms with Crippen LogP contribution in [0.4, 0.5) is 0 Å². The molecule has 0 saturated carbocycles. The standard InChI is InChI=1S/C15H14N2S.ClH/c1-11-6-8-12(9-7-11)10-18-15-16-13-4-2-3-5-14(13)17-15;/h2-9H,10H2,1H3,(H,16,17);1H. The topological polar surface area (TPSA) is 28.7 Å². The molecule has 0 spiro atoms. The number of nitrogens with one attached hydrogen (secondary N) is 1. The van der Waals surface area contributed by atoms with Gasteiger partial charge in [-0.2, -0.15) is 0 Å². The van der Waals surface area contributed by atoms with E-state index in [0.29, 0.717) is 0 Å². The molecular weight excluding hydrogens is 276 g/mol. The molecular formula is C15H15ClN2S. The van der Waals surface area contributed by atoms with Gasteiger partial charge in [-0.15, -0.1) is 12.4 Å². The van der Waals surface area contributed by atoms with E-state index in [9.17, 15) is 0 Å². The molecule has 0 saturated heterocycles. The number of halogens is 1. The van der Waals surface area contributed by atoms with Crippen LogP contribution in [0.25, 0.3) is 11.0 Å². The van der Waals surface area contributed by atoms with Crippen molar-refractivity contribution in [2.24, 2.45) is 0 Å². The highest BCUT2D eigenvalue weighted by Crippen LogP contribution is 2.22. The molecule has 0 aliphatic rings. The van der Waals surface area contributed by atoms with Crippen LogP contribution in [0, 0.1) is 6.92 Å². The van der Waals surface area contributed by atoms with E-state index in [2.05, 4.69) is 47.2 Å². The fraction of sp³-hybridized carbons (Fsp3) is 0.133. The molecule has 0 atom stereocenters. The monoisotopic (exact) mass is 290 g/mol. The van der Waals surface area contributed by atoms with Crippen molar-refractivity contribution in [1.29, 1.82) is 0 Å². The number of nitrogens with zero attached hydrogens (tertiary/aromatic N) is 1. The highest BCUT2D eigenvalue weighted by molar-refractivity contribution is 7.98. The number of hydrogen-bond donors (Lipinski definition) is 1. The van der Waals surface area contributed by atoms with E-state index in [0.717, 1.165) is 21.9 Å². The molecule has 2 nitrogen and oxygen atoms in total.